The normalized spacial score (nSPS) is 10.7. The van der Waals surface area contributed by atoms with Gasteiger partial charge in [-0.25, -0.2) is 4.98 Å². The van der Waals surface area contributed by atoms with Crippen molar-refractivity contribution in [3.8, 4) is 0 Å². The number of nitrogens with zero attached hydrogens (tertiary/aromatic N) is 4. The van der Waals surface area contributed by atoms with E-state index in [9.17, 15) is 4.79 Å². The predicted octanol–water partition coefficient (Wildman–Crippen LogP) is 0.532. The number of carboxylic acid groups (broad SMARTS) is 1. The molecule has 2 aromatic heterocycles. The van der Waals surface area contributed by atoms with E-state index in [1.54, 1.807) is 18.6 Å². The quantitative estimate of drug-likeness (QED) is 0.789. The fraction of sp³-hybridized carbons (Fsp3) is 0.333. The maximum atomic E-state index is 10.3. The molecule has 0 atom stereocenters. The van der Waals surface area contributed by atoms with E-state index < -0.39 is 5.97 Å². The van der Waals surface area contributed by atoms with Gasteiger partial charge in [0.2, 0.25) is 0 Å². The molecule has 0 unspecified atom stereocenters. The SMILES string of the molecule is O=C(O)CCCc1cnc2nnccn12. The monoisotopic (exact) mass is 206 g/mol. The molecule has 0 saturated heterocycles. The number of aryl methyl sites for hydroxylation is 1. The summed E-state index contributed by atoms with van der Waals surface area (Å²) < 4.78 is 1.81. The molecular formula is C9H10N4O2. The molecule has 2 rings (SSSR count). The van der Waals surface area contributed by atoms with Crippen LogP contribution in [0.1, 0.15) is 18.5 Å². The molecule has 0 fully saturated rings. The van der Waals surface area contributed by atoms with Crippen LogP contribution in [-0.2, 0) is 11.2 Å². The van der Waals surface area contributed by atoms with Crippen LogP contribution in [0, 0.1) is 0 Å². The number of carboxylic acids is 1. The van der Waals surface area contributed by atoms with Gasteiger partial charge in [-0.3, -0.25) is 9.20 Å². The van der Waals surface area contributed by atoms with Crippen LogP contribution in [0.4, 0.5) is 0 Å². The molecule has 78 valence electrons. The van der Waals surface area contributed by atoms with Crippen LogP contribution in [-0.4, -0.2) is 30.7 Å². The molecule has 0 spiro atoms. The van der Waals surface area contributed by atoms with Crippen molar-refractivity contribution in [1.29, 1.82) is 0 Å². The lowest BCUT2D eigenvalue weighted by molar-refractivity contribution is -0.137. The molecule has 0 radical (unpaired) electrons. The predicted molar refractivity (Wildman–Crippen MR) is 51.4 cm³/mol. The van der Waals surface area contributed by atoms with Gasteiger partial charge in [0.1, 0.15) is 0 Å². The zero-order chi connectivity index (χ0) is 10.7. The highest BCUT2D eigenvalue weighted by Gasteiger charge is 2.04. The molecule has 15 heavy (non-hydrogen) atoms. The van der Waals surface area contributed by atoms with E-state index in [1.807, 2.05) is 4.40 Å². The highest BCUT2D eigenvalue weighted by atomic mass is 16.4. The van der Waals surface area contributed by atoms with Gasteiger partial charge in [-0.2, -0.15) is 5.10 Å². The lowest BCUT2D eigenvalue weighted by Gasteiger charge is -1.98. The number of carbonyl (C=O) groups is 1. The number of aromatic nitrogens is 4. The summed E-state index contributed by atoms with van der Waals surface area (Å²) in [6, 6.07) is 0. The smallest absolute Gasteiger partial charge is 0.303 e. The zero-order valence-corrected chi connectivity index (χ0v) is 8.00. The molecule has 0 aliphatic rings. The molecule has 0 amide bonds. The summed E-state index contributed by atoms with van der Waals surface area (Å²) >= 11 is 0. The Hall–Kier alpha value is -1.98. The van der Waals surface area contributed by atoms with Crippen LogP contribution in [0.15, 0.2) is 18.6 Å². The molecule has 0 bridgehead atoms. The largest absolute Gasteiger partial charge is 0.481 e. The van der Waals surface area contributed by atoms with Gasteiger partial charge in [-0.05, 0) is 12.8 Å². The van der Waals surface area contributed by atoms with Gasteiger partial charge >= 0.3 is 5.97 Å². The summed E-state index contributed by atoms with van der Waals surface area (Å²) in [5, 5.41) is 16.0. The van der Waals surface area contributed by atoms with Crippen LogP contribution in [0.2, 0.25) is 0 Å². The van der Waals surface area contributed by atoms with Gasteiger partial charge in [-0.15, -0.1) is 5.10 Å². The van der Waals surface area contributed by atoms with E-state index in [1.165, 1.54) is 0 Å². The Morgan fingerprint density at radius 3 is 3.20 bits per heavy atom. The van der Waals surface area contributed by atoms with Gasteiger partial charge in [-0.1, -0.05) is 0 Å². The van der Waals surface area contributed by atoms with Crippen molar-refractivity contribution in [3.05, 3.63) is 24.3 Å². The van der Waals surface area contributed by atoms with Crippen molar-refractivity contribution in [2.75, 3.05) is 0 Å². The van der Waals surface area contributed by atoms with Crippen molar-refractivity contribution in [1.82, 2.24) is 19.6 Å². The Kier molecular flexibility index (Phi) is 2.57. The van der Waals surface area contributed by atoms with E-state index in [4.69, 9.17) is 5.11 Å². The van der Waals surface area contributed by atoms with E-state index in [0.29, 0.717) is 18.6 Å². The van der Waals surface area contributed by atoms with Crippen LogP contribution in [0.5, 0.6) is 0 Å². The standard InChI is InChI=1S/C9H10N4O2/c14-8(15)3-1-2-7-6-10-9-12-11-4-5-13(7)9/h4-6H,1-3H2,(H,14,15). The Labute approximate surface area is 85.6 Å². The van der Waals surface area contributed by atoms with E-state index in [2.05, 4.69) is 15.2 Å². The van der Waals surface area contributed by atoms with Crippen LogP contribution in [0.25, 0.3) is 5.78 Å². The molecule has 0 aliphatic carbocycles. The number of imidazole rings is 1. The summed E-state index contributed by atoms with van der Waals surface area (Å²) in [5.74, 6) is -0.230. The Morgan fingerprint density at radius 2 is 2.40 bits per heavy atom. The van der Waals surface area contributed by atoms with E-state index >= 15 is 0 Å². The van der Waals surface area contributed by atoms with Crippen molar-refractivity contribution in [2.24, 2.45) is 0 Å². The highest BCUT2D eigenvalue weighted by Crippen LogP contribution is 2.06. The maximum absolute atomic E-state index is 10.3. The highest BCUT2D eigenvalue weighted by molar-refractivity contribution is 5.66. The number of hydrogen-bond donors (Lipinski definition) is 1. The average molecular weight is 206 g/mol. The maximum Gasteiger partial charge on any atom is 0.303 e. The summed E-state index contributed by atoms with van der Waals surface area (Å²) in [6.45, 7) is 0. The summed E-state index contributed by atoms with van der Waals surface area (Å²) in [5.41, 5.74) is 0.959. The first-order valence-corrected chi connectivity index (χ1v) is 4.63. The molecular weight excluding hydrogens is 196 g/mol. The lowest BCUT2D eigenvalue weighted by atomic mass is 10.2. The Bertz CT molecular complexity index is 480. The fourth-order valence-corrected chi connectivity index (χ4v) is 1.41. The Morgan fingerprint density at radius 1 is 1.53 bits per heavy atom. The number of fused-ring (bicyclic) bond motifs is 1. The van der Waals surface area contributed by atoms with Crippen LogP contribution >= 0.6 is 0 Å². The second kappa shape index (κ2) is 4.04. The fourth-order valence-electron chi connectivity index (χ4n) is 1.41. The van der Waals surface area contributed by atoms with Gasteiger partial charge < -0.3 is 5.11 Å². The molecule has 0 saturated carbocycles. The Balaban J connectivity index is 2.11. The first kappa shape index (κ1) is 9.57. The van der Waals surface area contributed by atoms with Crippen molar-refractivity contribution in [3.63, 3.8) is 0 Å². The van der Waals surface area contributed by atoms with Crippen molar-refractivity contribution in [2.45, 2.75) is 19.3 Å². The molecule has 0 aliphatic heterocycles. The van der Waals surface area contributed by atoms with Crippen molar-refractivity contribution < 1.29 is 9.90 Å². The third kappa shape index (κ3) is 2.09. The molecule has 0 aromatic carbocycles. The molecule has 2 aromatic rings. The second-order valence-electron chi connectivity index (χ2n) is 3.18. The first-order valence-electron chi connectivity index (χ1n) is 4.63. The minimum Gasteiger partial charge on any atom is -0.481 e. The van der Waals surface area contributed by atoms with Gasteiger partial charge in [0.05, 0.1) is 12.4 Å². The summed E-state index contributed by atoms with van der Waals surface area (Å²) in [6.07, 6.45) is 6.50. The minimum atomic E-state index is -0.774. The van der Waals surface area contributed by atoms with Crippen LogP contribution in [0.3, 0.4) is 0 Å². The zero-order valence-electron chi connectivity index (χ0n) is 8.00. The topological polar surface area (TPSA) is 80.4 Å². The van der Waals surface area contributed by atoms with E-state index in [0.717, 1.165) is 5.69 Å². The van der Waals surface area contributed by atoms with Gasteiger partial charge in [0.15, 0.2) is 0 Å². The third-order valence-corrected chi connectivity index (χ3v) is 2.11. The van der Waals surface area contributed by atoms with Crippen LogP contribution < -0.4 is 0 Å². The average Bonchev–Trinajstić information content (AvgIpc) is 2.62. The minimum absolute atomic E-state index is 0.172. The molecule has 2 heterocycles. The first-order chi connectivity index (χ1) is 7.27. The number of hydrogen-bond acceptors (Lipinski definition) is 4. The lowest BCUT2D eigenvalue weighted by Crippen LogP contribution is -1.99. The number of rotatable bonds is 4. The molecule has 1 N–H and O–H groups in total. The number of aliphatic carboxylic acids is 1. The van der Waals surface area contributed by atoms with E-state index in [-0.39, 0.29) is 6.42 Å². The third-order valence-electron chi connectivity index (χ3n) is 2.11. The van der Waals surface area contributed by atoms with Gasteiger partial charge in [0, 0.05) is 18.3 Å². The van der Waals surface area contributed by atoms with Crippen molar-refractivity contribution >= 4 is 11.7 Å². The van der Waals surface area contributed by atoms with Gasteiger partial charge in [0.25, 0.3) is 5.78 Å². The second-order valence-corrected chi connectivity index (χ2v) is 3.18. The summed E-state index contributed by atoms with van der Waals surface area (Å²) in [4.78, 5) is 14.4. The molecule has 6 nitrogen and oxygen atoms in total. The summed E-state index contributed by atoms with van der Waals surface area (Å²) in [7, 11) is 0. The molecule has 6 heteroatoms.